The fourth-order valence-electron chi connectivity index (χ4n) is 7.08. The molecule has 0 aromatic heterocycles. The summed E-state index contributed by atoms with van der Waals surface area (Å²) in [6.07, 6.45) is 5.50. The molecule has 3 atom stereocenters. The lowest BCUT2D eigenvalue weighted by Gasteiger charge is -2.38. The first-order valence-corrected chi connectivity index (χ1v) is 11.8. The van der Waals surface area contributed by atoms with E-state index in [2.05, 4.69) is 107 Å². The summed E-state index contributed by atoms with van der Waals surface area (Å²) >= 11 is 0. The zero-order valence-corrected chi connectivity index (χ0v) is 19.4. The van der Waals surface area contributed by atoms with Crippen LogP contribution in [0, 0.1) is 11.8 Å². The van der Waals surface area contributed by atoms with Gasteiger partial charge < -0.3 is 5.73 Å². The zero-order chi connectivity index (χ0) is 22.3. The molecule has 0 aliphatic heterocycles. The van der Waals surface area contributed by atoms with Crippen molar-refractivity contribution < 1.29 is 0 Å². The average Bonchev–Trinajstić information content (AvgIpc) is 3.15. The van der Waals surface area contributed by atoms with E-state index in [-0.39, 0.29) is 10.8 Å². The van der Waals surface area contributed by atoms with E-state index in [0.29, 0.717) is 11.8 Å². The molecular formula is C31H31N. The number of benzene rings is 3. The molecule has 0 saturated heterocycles. The van der Waals surface area contributed by atoms with Gasteiger partial charge in [0, 0.05) is 22.4 Å². The van der Waals surface area contributed by atoms with Crippen molar-refractivity contribution in [2.45, 2.75) is 44.9 Å². The Morgan fingerprint density at radius 3 is 2.22 bits per heavy atom. The quantitative estimate of drug-likeness (QED) is 0.477. The van der Waals surface area contributed by atoms with Crippen molar-refractivity contribution in [3.63, 3.8) is 0 Å². The summed E-state index contributed by atoms with van der Waals surface area (Å²) in [6, 6.07) is 25.1. The molecule has 0 fully saturated rings. The Balaban J connectivity index is 1.47. The molecule has 3 unspecified atom stereocenters. The van der Waals surface area contributed by atoms with Gasteiger partial charge in [-0.2, -0.15) is 0 Å². The first kappa shape index (κ1) is 19.6. The molecule has 0 heterocycles. The highest BCUT2D eigenvalue weighted by molar-refractivity contribution is 5.82. The highest BCUT2D eigenvalue weighted by atomic mass is 14.6. The van der Waals surface area contributed by atoms with Crippen molar-refractivity contribution in [1.29, 1.82) is 0 Å². The summed E-state index contributed by atoms with van der Waals surface area (Å²) in [5, 5.41) is 0. The number of hydrogen-bond donors (Lipinski definition) is 1. The van der Waals surface area contributed by atoms with Gasteiger partial charge in [-0.15, -0.1) is 0 Å². The van der Waals surface area contributed by atoms with Crippen LogP contribution in [0.3, 0.4) is 0 Å². The van der Waals surface area contributed by atoms with E-state index in [1.165, 1.54) is 44.5 Å². The van der Waals surface area contributed by atoms with Gasteiger partial charge in [0.25, 0.3) is 0 Å². The average molecular weight is 418 g/mol. The SMILES string of the molecule is CC1C=C(N)C=C2c3ccccc3C(C)(Cc3ccc4c(c3)-c3ccccc3C4(C)C)C21. The highest BCUT2D eigenvalue weighted by Gasteiger charge is 2.49. The van der Waals surface area contributed by atoms with Crippen molar-refractivity contribution in [1.82, 2.24) is 0 Å². The van der Waals surface area contributed by atoms with Gasteiger partial charge in [0.1, 0.15) is 0 Å². The molecule has 6 rings (SSSR count). The van der Waals surface area contributed by atoms with Gasteiger partial charge in [-0.1, -0.05) is 101 Å². The Morgan fingerprint density at radius 1 is 0.781 bits per heavy atom. The van der Waals surface area contributed by atoms with Gasteiger partial charge in [-0.25, -0.2) is 0 Å². The second-order valence-corrected chi connectivity index (χ2v) is 10.8. The Kier molecular flexibility index (Phi) is 3.97. The molecular weight excluding hydrogens is 386 g/mol. The van der Waals surface area contributed by atoms with Gasteiger partial charge in [-0.05, 0) is 62.9 Å². The van der Waals surface area contributed by atoms with Crippen molar-refractivity contribution in [3.05, 3.63) is 112 Å². The third-order valence-electron chi connectivity index (χ3n) is 8.40. The Hall–Kier alpha value is -3.06. The Morgan fingerprint density at radius 2 is 1.44 bits per heavy atom. The molecule has 3 aliphatic rings. The van der Waals surface area contributed by atoms with Crippen LogP contribution in [0.5, 0.6) is 0 Å². The predicted molar refractivity (Wildman–Crippen MR) is 134 cm³/mol. The molecule has 3 aliphatic carbocycles. The molecule has 160 valence electrons. The Labute approximate surface area is 191 Å². The first-order valence-electron chi connectivity index (χ1n) is 11.8. The summed E-state index contributed by atoms with van der Waals surface area (Å²) in [6.45, 7) is 9.50. The zero-order valence-electron chi connectivity index (χ0n) is 19.4. The van der Waals surface area contributed by atoms with Crippen LogP contribution in [0.2, 0.25) is 0 Å². The van der Waals surface area contributed by atoms with E-state index >= 15 is 0 Å². The predicted octanol–water partition coefficient (Wildman–Crippen LogP) is 7.00. The summed E-state index contributed by atoms with van der Waals surface area (Å²) in [7, 11) is 0. The normalized spacial score (nSPS) is 26.5. The molecule has 0 amide bonds. The largest absolute Gasteiger partial charge is 0.399 e. The van der Waals surface area contributed by atoms with Crippen LogP contribution in [0.25, 0.3) is 16.7 Å². The van der Waals surface area contributed by atoms with E-state index in [1.54, 1.807) is 0 Å². The van der Waals surface area contributed by atoms with Crippen LogP contribution in [0.4, 0.5) is 0 Å². The number of allylic oxidation sites excluding steroid dienone is 3. The van der Waals surface area contributed by atoms with E-state index in [9.17, 15) is 0 Å². The van der Waals surface area contributed by atoms with Crippen LogP contribution < -0.4 is 5.73 Å². The van der Waals surface area contributed by atoms with E-state index in [0.717, 1.165) is 12.1 Å². The number of fused-ring (bicyclic) bond motifs is 6. The smallest absolute Gasteiger partial charge is 0.0279 e. The minimum Gasteiger partial charge on any atom is -0.399 e. The topological polar surface area (TPSA) is 26.0 Å². The summed E-state index contributed by atoms with van der Waals surface area (Å²) < 4.78 is 0. The minimum atomic E-state index is 0.0426. The van der Waals surface area contributed by atoms with Crippen LogP contribution in [0.1, 0.15) is 55.5 Å². The van der Waals surface area contributed by atoms with E-state index in [1.807, 2.05) is 0 Å². The van der Waals surface area contributed by atoms with Crippen LogP contribution in [0.15, 0.2) is 84.6 Å². The van der Waals surface area contributed by atoms with Crippen LogP contribution >= 0.6 is 0 Å². The lowest BCUT2D eigenvalue weighted by atomic mass is 9.65. The van der Waals surface area contributed by atoms with Gasteiger partial charge in [0.05, 0.1) is 0 Å². The molecule has 2 N–H and O–H groups in total. The van der Waals surface area contributed by atoms with Gasteiger partial charge in [0.2, 0.25) is 0 Å². The number of nitrogens with two attached hydrogens (primary N) is 1. The second-order valence-electron chi connectivity index (χ2n) is 10.8. The first-order chi connectivity index (χ1) is 15.3. The molecule has 0 radical (unpaired) electrons. The highest BCUT2D eigenvalue weighted by Crippen LogP contribution is 2.57. The van der Waals surface area contributed by atoms with Gasteiger partial charge in [-0.3, -0.25) is 0 Å². The molecule has 3 aromatic rings. The van der Waals surface area contributed by atoms with E-state index in [4.69, 9.17) is 5.73 Å². The molecule has 0 saturated carbocycles. The standard InChI is InChI=1S/C31H31N/c1-19-15-21(32)17-25-23-10-6-8-12-28(23)31(4,29(19)25)18-20-13-14-27-24(16-20)22-9-5-7-11-26(22)30(27,2)3/h5-17,19,29H,18,32H2,1-4H3. The van der Waals surface area contributed by atoms with Crippen LogP contribution in [-0.4, -0.2) is 0 Å². The lowest BCUT2D eigenvalue weighted by Crippen LogP contribution is -2.35. The third-order valence-corrected chi connectivity index (χ3v) is 8.40. The number of rotatable bonds is 2. The monoisotopic (exact) mass is 417 g/mol. The summed E-state index contributed by atoms with van der Waals surface area (Å²) in [5.74, 6) is 0.866. The van der Waals surface area contributed by atoms with Gasteiger partial charge >= 0.3 is 0 Å². The van der Waals surface area contributed by atoms with Gasteiger partial charge in [0.15, 0.2) is 0 Å². The van der Waals surface area contributed by atoms with Crippen molar-refractivity contribution in [2.24, 2.45) is 17.6 Å². The summed E-state index contributed by atoms with van der Waals surface area (Å²) in [4.78, 5) is 0. The molecule has 1 nitrogen and oxygen atoms in total. The maximum Gasteiger partial charge on any atom is 0.0279 e. The Bertz CT molecular complexity index is 1320. The molecule has 32 heavy (non-hydrogen) atoms. The second kappa shape index (κ2) is 6.48. The van der Waals surface area contributed by atoms with Crippen molar-refractivity contribution in [2.75, 3.05) is 0 Å². The summed E-state index contributed by atoms with van der Waals surface area (Å²) in [5.41, 5.74) is 18.7. The van der Waals surface area contributed by atoms with Crippen molar-refractivity contribution >= 4 is 5.57 Å². The fraction of sp³-hybridized carbons (Fsp3) is 0.290. The maximum atomic E-state index is 6.30. The van der Waals surface area contributed by atoms with Crippen molar-refractivity contribution in [3.8, 4) is 11.1 Å². The molecule has 3 aromatic carbocycles. The molecule has 1 heteroatoms. The van der Waals surface area contributed by atoms with Crippen LogP contribution in [-0.2, 0) is 17.3 Å². The lowest BCUT2D eigenvalue weighted by molar-refractivity contribution is 0.315. The molecule has 0 spiro atoms. The maximum absolute atomic E-state index is 6.30. The molecule has 0 bridgehead atoms. The number of hydrogen-bond acceptors (Lipinski definition) is 1. The third kappa shape index (κ3) is 2.51. The minimum absolute atomic E-state index is 0.0426. The fourth-order valence-corrected chi connectivity index (χ4v) is 7.08. The van der Waals surface area contributed by atoms with E-state index < -0.39 is 0 Å².